The van der Waals surface area contributed by atoms with E-state index >= 15 is 0 Å². The molecule has 2 rings (SSSR count). The molecule has 108 valence electrons. The van der Waals surface area contributed by atoms with Gasteiger partial charge in [0.2, 0.25) is 5.91 Å². The molecule has 1 atom stereocenters. The molecule has 0 bridgehead atoms. The van der Waals surface area contributed by atoms with Crippen LogP contribution in [-0.4, -0.2) is 30.0 Å². The smallest absolute Gasteiger partial charge is 0.240 e. The van der Waals surface area contributed by atoms with Crippen LogP contribution in [0.1, 0.15) is 24.8 Å². The van der Waals surface area contributed by atoms with Gasteiger partial charge in [0.25, 0.3) is 0 Å². The van der Waals surface area contributed by atoms with Crippen LogP contribution in [0.2, 0.25) is 0 Å². The number of nitrogens with two attached hydrogens (primary N) is 1. The molecular weight excluding hydrogens is 252 g/mol. The largest absolute Gasteiger partial charge is 0.496 e. The zero-order chi connectivity index (χ0) is 14.5. The third-order valence-electron chi connectivity index (χ3n) is 3.54. The van der Waals surface area contributed by atoms with E-state index in [0.717, 1.165) is 24.2 Å². The summed E-state index contributed by atoms with van der Waals surface area (Å²) >= 11 is 0. The first-order valence-electron chi connectivity index (χ1n) is 6.96. The van der Waals surface area contributed by atoms with Crippen LogP contribution in [0.5, 0.6) is 5.75 Å². The molecule has 0 aliphatic heterocycles. The minimum Gasteiger partial charge on any atom is -0.496 e. The Balaban J connectivity index is 2.13. The van der Waals surface area contributed by atoms with E-state index in [1.54, 1.807) is 13.2 Å². The molecule has 1 aliphatic carbocycles. The summed E-state index contributed by atoms with van der Waals surface area (Å²) in [7, 11) is 1.64. The molecule has 1 aliphatic rings. The number of nitrogens with zero attached hydrogens (tertiary/aromatic N) is 1. The zero-order valence-electron chi connectivity index (χ0n) is 11.9. The highest BCUT2D eigenvalue weighted by molar-refractivity contribution is 5.82. The second-order valence-corrected chi connectivity index (χ2v) is 5.14. The molecule has 4 nitrogen and oxygen atoms in total. The molecule has 2 N–H and O–H groups in total. The lowest BCUT2D eigenvalue weighted by Gasteiger charge is -2.26. The highest BCUT2D eigenvalue weighted by atomic mass is 16.5. The average molecular weight is 274 g/mol. The molecule has 0 aromatic heterocycles. The van der Waals surface area contributed by atoms with E-state index < -0.39 is 6.04 Å². The Morgan fingerprint density at radius 2 is 2.25 bits per heavy atom. The number of amides is 1. The molecule has 1 amide bonds. The Bertz CT molecular complexity index is 483. The number of hydrogen-bond donors (Lipinski definition) is 1. The Morgan fingerprint density at radius 1 is 1.55 bits per heavy atom. The van der Waals surface area contributed by atoms with Crippen LogP contribution in [0.3, 0.4) is 0 Å². The third kappa shape index (κ3) is 3.39. The number of rotatable bonds is 7. The standard InChI is InChI=1S/C16H22N2O2/c1-3-6-14(17)16(19)18(13-9-10-13)11-12-7-4-5-8-15(12)20-2/h3-5,7-8,13-14H,1,6,9-11,17H2,2H3. The molecule has 0 heterocycles. The number of ether oxygens (including phenoxy) is 1. The number of carbonyl (C=O) groups is 1. The Hall–Kier alpha value is -1.81. The predicted octanol–water partition coefficient (Wildman–Crippen LogP) is 2.09. The fraction of sp³-hybridized carbons (Fsp3) is 0.438. The molecular formula is C16H22N2O2. The van der Waals surface area contributed by atoms with Crippen molar-refractivity contribution in [1.82, 2.24) is 4.90 Å². The summed E-state index contributed by atoms with van der Waals surface area (Å²) in [5.74, 6) is 0.807. The highest BCUT2D eigenvalue weighted by Crippen LogP contribution is 2.30. The fourth-order valence-corrected chi connectivity index (χ4v) is 2.28. The van der Waals surface area contributed by atoms with Gasteiger partial charge in [-0.2, -0.15) is 0 Å². The van der Waals surface area contributed by atoms with Crippen LogP contribution in [-0.2, 0) is 11.3 Å². The molecule has 1 fully saturated rings. The monoisotopic (exact) mass is 274 g/mol. The van der Waals surface area contributed by atoms with Crippen LogP contribution in [0, 0.1) is 0 Å². The predicted molar refractivity (Wildman–Crippen MR) is 79.4 cm³/mol. The van der Waals surface area contributed by atoms with E-state index in [1.165, 1.54) is 0 Å². The number of methoxy groups -OCH3 is 1. The molecule has 0 radical (unpaired) electrons. The number of hydrogen-bond acceptors (Lipinski definition) is 3. The molecule has 1 saturated carbocycles. The second kappa shape index (κ2) is 6.57. The van der Waals surface area contributed by atoms with E-state index in [0.29, 0.717) is 19.0 Å². The molecule has 20 heavy (non-hydrogen) atoms. The Labute approximate surface area is 120 Å². The average Bonchev–Trinajstić information content (AvgIpc) is 3.29. The Morgan fingerprint density at radius 3 is 2.85 bits per heavy atom. The minimum atomic E-state index is -0.497. The van der Waals surface area contributed by atoms with Crippen LogP contribution in [0.25, 0.3) is 0 Å². The van der Waals surface area contributed by atoms with Crippen molar-refractivity contribution in [2.24, 2.45) is 5.73 Å². The van der Waals surface area contributed by atoms with Gasteiger partial charge in [-0.15, -0.1) is 6.58 Å². The third-order valence-corrected chi connectivity index (χ3v) is 3.54. The van der Waals surface area contributed by atoms with Crippen molar-refractivity contribution < 1.29 is 9.53 Å². The van der Waals surface area contributed by atoms with E-state index in [9.17, 15) is 4.79 Å². The van der Waals surface area contributed by atoms with Crippen molar-refractivity contribution in [3.8, 4) is 5.75 Å². The maximum Gasteiger partial charge on any atom is 0.240 e. The van der Waals surface area contributed by atoms with Crippen molar-refractivity contribution in [2.75, 3.05) is 7.11 Å². The van der Waals surface area contributed by atoms with Gasteiger partial charge in [-0.05, 0) is 25.3 Å². The molecule has 1 aromatic carbocycles. The first-order chi connectivity index (χ1) is 9.67. The van der Waals surface area contributed by atoms with Gasteiger partial charge in [-0.25, -0.2) is 0 Å². The minimum absolute atomic E-state index is 0.00157. The van der Waals surface area contributed by atoms with Crippen molar-refractivity contribution in [3.05, 3.63) is 42.5 Å². The molecule has 0 spiro atoms. The summed E-state index contributed by atoms with van der Waals surface area (Å²) in [5, 5.41) is 0. The first kappa shape index (κ1) is 14.6. The van der Waals surface area contributed by atoms with E-state index in [2.05, 4.69) is 6.58 Å². The van der Waals surface area contributed by atoms with Crippen molar-refractivity contribution in [3.63, 3.8) is 0 Å². The topological polar surface area (TPSA) is 55.6 Å². The maximum absolute atomic E-state index is 12.4. The van der Waals surface area contributed by atoms with Crippen LogP contribution in [0.15, 0.2) is 36.9 Å². The van der Waals surface area contributed by atoms with Gasteiger partial charge in [-0.1, -0.05) is 24.3 Å². The second-order valence-electron chi connectivity index (χ2n) is 5.14. The summed E-state index contributed by atoms with van der Waals surface area (Å²) < 4.78 is 5.35. The van der Waals surface area contributed by atoms with Gasteiger partial charge in [0.1, 0.15) is 5.75 Å². The van der Waals surface area contributed by atoms with Crippen LogP contribution >= 0.6 is 0 Å². The van der Waals surface area contributed by atoms with Gasteiger partial charge < -0.3 is 15.4 Å². The first-order valence-corrected chi connectivity index (χ1v) is 6.96. The van der Waals surface area contributed by atoms with Crippen LogP contribution in [0.4, 0.5) is 0 Å². The molecule has 4 heteroatoms. The van der Waals surface area contributed by atoms with E-state index in [1.807, 2.05) is 29.2 Å². The van der Waals surface area contributed by atoms with Gasteiger partial charge in [0.05, 0.1) is 13.2 Å². The molecule has 1 aromatic rings. The normalized spacial score (nSPS) is 15.5. The molecule has 0 saturated heterocycles. The quantitative estimate of drug-likeness (QED) is 0.775. The van der Waals surface area contributed by atoms with Crippen molar-refractivity contribution in [1.29, 1.82) is 0 Å². The number of para-hydroxylation sites is 1. The SMILES string of the molecule is C=CCC(N)C(=O)N(Cc1ccccc1OC)C1CC1. The highest BCUT2D eigenvalue weighted by Gasteiger charge is 2.34. The van der Waals surface area contributed by atoms with Gasteiger partial charge in [0.15, 0.2) is 0 Å². The van der Waals surface area contributed by atoms with E-state index in [-0.39, 0.29) is 5.91 Å². The van der Waals surface area contributed by atoms with Crippen molar-refractivity contribution in [2.45, 2.75) is 37.9 Å². The number of benzene rings is 1. The van der Waals surface area contributed by atoms with Crippen LogP contribution < -0.4 is 10.5 Å². The fourth-order valence-electron chi connectivity index (χ4n) is 2.28. The van der Waals surface area contributed by atoms with Gasteiger partial charge >= 0.3 is 0 Å². The lowest BCUT2D eigenvalue weighted by molar-refractivity contribution is -0.133. The summed E-state index contributed by atoms with van der Waals surface area (Å²) in [6.45, 7) is 4.20. The van der Waals surface area contributed by atoms with Gasteiger partial charge in [-0.3, -0.25) is 4.79 Å². The lowest BCUT2D eigenvalue weighted by atomic mass is 10.1. The zero-order valence-corrected chi connectivity index (χ0v) is 11.9. The summed E-state index contributed by atoms with van der Waals surface area (Å²) in [6.07, 6.45) is 4.31. The number of carbonyl (C=O) groups excluding carboxylic acids is 1. The van der Waals surface area contributed by atoms with E-state index in [4.69, 9.17) is 10.5 Å². The van der Waals surface area contributed by atoms with Crippen molar-refractivity contribution >= 4 is 5.91 Å². The summed E-state index contributed by atoms with van der Waals surface area (Å²) in [4.78, 5) is 14.3. The summed E-state index contributed by atoms with van der Waals surface area (Å²) in [5.41, 5.74) is 6.94. The maximum atomic E-state index is 12.4. The molecule has 1 unspecified atom stereocenters. The lowest BCUT2D eigenvalue weighted by Crippen LogP contribution is -2.44. The summed E-state index contributed by atoms with van der Waals surface area (Å²) in [6, 6.07) is 7.60. The Kier molecular flexibility index (Phi) is 4.79. The van der Waals surface area contributed by atoms with Gasteiger partial charge in [0, 0.05) is 18.2 Å².